The van der Waals surface area contributed by atoms with E-state index in [9.17, 15) is 9.59 Å². The summed E-state index contributed by atoms with van der Waals surface area (Å²) in [5.74, 6) is 0.0864. The number of carbonyl (C=O) groups is 2. The topological polar surface area (TPSA) is 90.4 Å². The molecule has 2 N–H and O–H groups in total. The standard InChI is InChI=1S/C16H20N4O3S/c1-9-13(16(23-3)19(2)18-9)10-5-4-8-20(10)15(22)12-7-6-11(24-12)14(17)21/h6-7,10H,4-5,8H2,1-3H3,(H2,17,21). The summed E-state index contributed by atoms with van der Waals surface area (Å²) in [7, 11) is 3.44. The van der Waals surface area contributed by atoms with Crippen molar-refractivity contribution in [2.75, 3.05) is 13.7 Å². The summed E-state index contributed by atoms with van der Waals surface area (Å²) in [4.78, 5) is 26.9. The van der Waals surface area contributed by atoms with Gasteiger partial charge in [-0.2, -0.15) is 5.10 Å². The number of methoxy groups -OCH3 is 1. The van der Waals surface area contributed by atoms with Gasteiger partial charge in [0.05, 0.1) is 34.2 Å². The van der Waals surface area contributed by atoms with Crippen molar-refractivity contribution in [1.82, 2.24) is 14.7 Å². The van der Waals surface area contributed by atoms with Crippen LogP contribution in [0, 0.1) is 6.92 Å². The van der Waals surface area contributed by atoms with Gasteiger partial charge in [-0.3, -0.25) is 9.59 Å². The maximum absolute atomic E-state index is 12.9. The zero-order valence-electron chi connectivity index (χ0n) is 13.9. The Balaban J connectivity index is 1.93. The van der Waals surface area contributed by atoms with E-state index in [1.807, 2.05) is 18.9 Å². The van der Waals surface area contributed by atoms with Crippen LogP contribution in [-0.2, 0) is 7.05 Å². The van der Waals surface area contributed by atoms with E-state index in [-0.39, 0.29) is 11.9 Å². The second kappa shape index (κ2) is 6.27. The third-order valence-electron chi connectivity index (χ3n) is 4.31. The highest BCUT2D eigenvalue weighted by Gasteiger charge is 2.35. The molecule has 1 saturated heterocycles. The summed E-state index contributed by atoms with van der Waals surface area (Å²) >= 11 is 1.13. The second-order valence-electron chi connectivity index (χ2n) is 5.82. The molecule has 128 valence electrons. The summed E-state index contributed by atoms with van der Waals surface area (Å²) in [5, 5.41) is 4.42. The van der Waals surface area contributed by atoms with Gasteiger partial charge < -0.3 is 15.4 Å². The number of hydrogen-bond acceptors (Lipinski definition) is 5. The fraction of sp³-hybridized carbons (Fsp3) is 0.438. The zero-order valence-corrected chi connectivity index (χ0v) is 14.7. The molecule has 0 bridgehead atoms. The minimum Gasteiger partial charge on any atom is -0.481 e. The first-order chi connectivity index (χ1) is 11.4. The van der Waals surface area contributed by atoms with Crippen LogP contribution in [0.5, 0.6) is 5.88 Å². The Kier molecular flexibility index (Phi) is 4.31. The maximum atomic E-state index is 12.9. The number of ether oxygens (including phenoxy) is 1. The SMILES string of the molecule is COc1c(C2CCCN2C(=O)c2ccc(C(N)=O)s2)c(C)nn1C. The minimum atomic E-state index is -0.512. The van der Waals surface area contributed by atoms with Crippen molar-refractivity contribution >= 4 is 23.2 Å². The zero-order chi connectivity index (χ0) is 17.4. The molecule has 7 nitrogen and oxygen atoms in total. The molecule has 0 aliphatic carbocycles. The van der Waals surface area contributed by atoms with E-state index in [4.69, 9.17) is 10.5 Å². The molecule has 1 fully saturated rings. The van der Waals surface area contributed by atoms with Gasteiger partial charge >= 0.3 is 0 Å². The van der Waals surface area contributed by atoms with Crippen molar-refractivity contribution in [3.63, 3.8) is 0 Å². The van der Waals surface area contributed by atoms with Crippen LogP contribution in [0.1, 0.15) is 49.5 Å². The maximum Gasteiger partial charge on any atom is 0.264 e. The van der Waals surface area contributed by atoms with Gasteiger partial charge in [-0.1, -0.05) is 0 Å². The molecule has 2 amide bonds. The Bertz CT molecular complexity index is 795. The average molecular weight is 348 g/mol. The summed E-state index contributed by atoms with van der Waals surface area (Å²) in [5.41, 5.74) is 7.10. The van der Waals surface area contributed by atoms with Crippen molar-refractivity contribution in [2.24, 2.45) is 12.8 Å². The number of amides is 2. The van der Waals surface area contributed by atoms with Crippen LogP contribution in [0.2, 0.25) is 0 Å². The van der Waals surface area contributed by atoms with Gasteiger partial charge in [0.25, 0.3) is 11.8 Å². The highest BCUT2D eigenvalue weighted by atomic mass is 32.1. The molecule has 3 heterocycles. The van der Waals surface area contributed by atoms with Crippen molar-refractivity contribution in [1.29, 1.82) is 0 Å². The Hall–Kier alpha value is -2.35. The van der Waals surface area contributed by atoms with Crippen molar-refractivity contribution in [3.05, 3.63) is 33.1 Å². The van der Waals surface area contributed by atoms with Gasteiger partial charge in [0.2, 0.25) is 5.88 Å². The number of rotatable bonds is 4. The first-order valence-electron chi connectivity index (χ1n) is 7.72. The predicted octanol–water partition coefficient (Wildman–Crippen LogP) is 1.87. The van der Waals surface area contributed by atoms with E-state index in [2.05, 4.69) is 5.10 Å². The number of thiophene rings is 1. The normalized spacial score (nSPS) is 17.3. The van der Waals surface area contributed by atoms with Crippen LogP contribution in [-0.4, -0.2) is 40.1 Å². The fourth-order valence-electron chi connectivity index (χ4n) is 3.32. The van der Waals surface area contributed by atoms with Crippen LogP contribution < -0.4 is 10.5 Å². The molecule has 3 rings (SSSR count). The van der Waals surface area contributed by atoms with Crippen molar-refractivity contribution < 1.29 is 14.3 Å². The number of hydrogen-bond donors (Lipinski definition) is 1. The molecule has 1 aliphatic heterocycles. The summed E-state index contributed by atoms with van der Waals surface area (Å²) in [6, 6.07) is 3.19. The Morgan fingerprint density at radius 1 is 1.38 bits per heavy atom. The van der Waals surface area contributed by atoms with E-state index >= 15 is 0 Å². The Morgan fingerprint density at radius 2 is 2.08 bits per heavy atom. The van der Waals surface area contributed by atoms with Gasteiger partial charge in [-0.05, 0) is 31.9 Å². The monoisotopic (exact) mass is 348 g/mol. The Labute approximate surface area is 144 Å². The van der Waals surface area contributed by atoms with Gasteiger partial charge in [-0.25, -0.2) is 4.68 Å². The number of nitrogens with zero attached hydrogens (tertiary/aromatic N) is 3. The first kappa shape index (κ1) is 16.5. The third-order valence-corrected chi connectivity index (χ3v) is 5.40. The molecule has 8 heteroatoms. The van der Waals surface area contributed by atoms with Crippen LogP contribution in [0.4, 0.5) is 0 Å². The lowest BCUT2D eigenvalue weighted by molar-refractivity contribution is 0.0738. The van der Waals surface area contributed by atoms with Gasteiger partial charge in [0.15, 0.2) is 0 Å². The van der Waals surface area contributed by atoms with Crippen LogP contribution >= 0.6 is 11.3 Å². The molecule has 2 aromatic heterocycles. The Morgan fingerprint density at radius 3 is 2.71 bits per heavy atom. The van der Waals surface area contributed by atoms with Gasteiger partial charge in [0, 0.05) is 13.6 Å². The molecule has 1 aliphatic rings. The molecular weight excluding hydrogens is 328 g/mol. The lowest BCUT2D eigenvalue weighted by atomic mass is 10.0. The van der Waals surface area contributed by atoms with Gasteiger partial charge in [0.1, 0.15) is 0 Å². The summed E-state index contributed by atoms with van der Waals surface area (Å²) < 4.78 is 7.18. The fourth-order valence-corrected chi connectivity index (χ4v) is 4.13. The predicted molar refractivity (Wildman–Crippen MR) is 90.3 cm³/mol. The molecule has 2 aromatic rings. The van der Waals surface area contributed by atoms with E-state index in [0.717, 1.165) is 35.4 Å². The summed E-state index contributed by atoms with van der Waals surface area (Å²) in [6.07, 6.45) is 1.78. The minimum absolute atomic E-state index is 0.0692. The number of aromatic nitrogens is 2. The molecular formula is C16H20N4O3S. The highest BCUT2D eigenvalue weighted by Crippen LogP contribution is 2.39. The molecule has 0 spiro atoms. The number of aryl methyl sites for hydroxylation is 2. The van der Waals surface area contributed by atoms with Crippen LogP contribution in [0.15, 0.2) is 12.1 Å². The number of nitrogens with two attached hydrogens (primary N) is 1. The quantitative estimate of drug-likeness (QED) is 0.913. The van der Waals surface area contributed by atoms with E-state index in [1.165, 1.54) is 0 Å². The van der Waals surface area contributed by atoms with E-state index < -0.39 is 5.91 Å². The van der Waals surface area contributed by atoms with Crippen LogP contribution in [0.25, 0.3) is 0 Å². The molecule has 0 saturated carbocycles. The molecule has 0 aromatic carbocycles. The van der Waals surface area contributed by atoms with E-state index in [0.29, 0.717) is 22.2 Å². The average Bonchev–Trinajstić information content (AvgIpc) is 3.24. The van der Waals surface area contributed by atoms with E-state index in [1.54, 1.807) is 23.9 Å². The number of likely N-dealkylation sites (tertiary alicyclic amines) is 1. The molecule has 1 atom stereocenters. The lowest BCUT2D eigenvalue weighted by Crippen LogP contribution is -2.30. The van der Waals surface area contributed by atoms with Crippen molar-refractivity contribution in [3.8, 4) is 5.88 Å². The summed E-state index contributed by atoms with van der Waals surface area (Å²) in [6.45, 7) is 2.60. The largest absolute Gasteiger partial charge is 0.481 e. The molecule has 1 unspecified atom stereocenters. The second-order valence-corrected chi connectivity index (χ2v) is 6.90. The smallest absolute Gasteiger partial charge is 0.264 e. The van der Waals surface area contributed by atoms with Gasteiger partial charge in [-0.15, -0.1) is 11.3 Å². The first-order valence-corrected chi connectivity index (χ1v) is 8.53. The van der Waals surface area contributed by atoms with Crippen LogP contribution in [0.3, 0.4) is 0 Å². The third kappa shape index (κ3) is 2.66. The number of primary amides is 1. The highest BCUT2D eigenvalue weighted by molar-refractivity contribution is 7.15. The van der Waals surface area contributed by atoms with Crippen molar-refractivity contribution in [2.45, 2.75) is 25.8 Å². The molecule has 24 heavy (non-hydrogen) atoms. The lowest BCUT2D eigenvalue weighted by Gasteiger charge is -2.24. The molecule has 0 radical (unpaired) electrons. The number of carbonyl (C=O) groups excluding carboxylic acids is 2.